The van der Waals surface area contributed by atoms with Crippen LogP contribution >= 0.6 is 0 Å². The molecule has 1 aliphatic rings. The van der Waals surface area contributed by atoms with E-state index in [1.54, 1.807) is 6.07 Å². The van der Waals surface area contributed by atoms with Crippen LogP contribution in [0.25, 0.3) is 0 Å². The second-order valence-corrected chi connectivity index (χ2v) is 5.71. The number of rotatable bonds is 6. The number of carbonyl (C=O) groups excluding carboxylic acids is 1. The molecule has 5 heteroatoms. The Balaban J connectivity index is 1.86. The molecule has 0 unspecified atom stereocenters. The monoisotopic (exact) mass is 252 g/mol. The Hall–Kier alpha value is -1.36. The number of nitrogens with zero attached hydrogens (tertiary/aromatic N) is 1. The Morgan fingerprint density at radius 2 is 2.33 bits per heavy atom. The van der Waals surface area contributed by atoms with E-state index in [1.165, 1.54) is 0 Å². The zero-order valence-corrected chi connectivity index (χ0v) is 10.9. The molecule has 0 spiro atoms. The Bertz CT molecular complexity index is 422. The van der Waals surface area contributed by atoms with Gasteiger partial charge in [-0.25, -0.2) is 0 Å². The van der Waals surface area contributed by atoms with E-state index in [2.05, 4.69) is 10.5 Å². The van der Waals surface area contributed by atoms with Crippen LogP contribution in [0.4, 0.5) is 0 Å². The van der Waals surface area contributed by atoms with Crippen LogP contribution in [-0.4, -0.2) is 29.3 Å². The van der Waals surface area contributed by atoms with Crippen molar-refractivity contribution in [2.24, 2.45) is 5.41 Å². The van der Waals surface area contributed by atoms with Crippen molar-refractivity contribution in [2.75, 3.05) is 13.2 Å². The van der Waals surface area contributed by atoms with Crippen molar-refractivity contribution in [2.45, 2.75) is 39.0 Å². The highest BCUT2D eigenvalue weighted by Crippen LogP contribution is 2.40. The van der Waals surface area contributed by atoms with Crippen LogP contribution in [0.2, 0.25) is 0 Å². The van der Waals surface area contributed by atoms with Gasteiger partial charge in [0.05, 0.1) is 0 Å². The lowest BCUT2D eigenvalue weighted by molar-refractivity contribution is 0.0919. The van der Waals surface area contributed by atoms with E-state index in [0.717, 1.165) is 18.6 Å². The summed E-state index contributed by atoms with van der Waals surface area (Å²) in [6.45, 7) is 4.64. The molecule has 0 radical (unpaired) electrons. The van der Waals surface area contributed by atoms with E-state index in [4.69, 9.17) is 9.63 Å². The lowest BCUT2D eigenvalue weighted by Gasteiger charge is -2.23. The number of hydrogen-bond donors (Lipinski definition) is 2. The lowest BCUT2D eigenvalue weighted by atomic mass is 9.90. The molecule has 5 nitrogen and oxygen atoms in total. The third-order valence-electron chi connectivity index (χ3n) is 3.26. The summed E-state index contributed by atoms with van der Waals surface area (Å²) in [5, 5.41) is 15.5. The summed E-state index contributed by atoms with van der Waals surface area (Å²) in [6, 6.07) is 1.73. The van der Waals surface area contributed by atoms with Crippen molar-refractivity contribution in [3.8, 4) is 0 Å². The van der Waals surface area contributed by atoms with Crippen LogP contribution in [-0.2, 0) is 0 Å². The van der Waals surface area contributed by atoms with E-state index in [9.17, 15) is 4.79 Å². The molecule has 1 aromatic rings. The maximum atomic E-state index is 11.9. The fraction of sp³-hybridized carbons (Fsp3) is 0.692. The minimum absolute atomic E-state index is 0.118. The van der Waals surface area contributed by atoms with Gasteiger partial charge in [-0.1, -0.05) is 19.0 Å². The molecule has 1 aliphatic carbocycles. The molecule has 1 saturated carbocycles. The van der Waals surface area contributed by atoms with Gasteiger partial charge in [0.1, 0.15) is 5.76 Å². The predicted octanol–water partition coefficient (Wildman–Crippen LogP) is 1.69. The number of aliphatic hydroxyl groups excluding tert-OH is 1. The topological polar surface area (TPSA) is 75.4 Å². The molecule has 0 bridgehead atoms. The lowest BCUT2D eigenvalue weighted by Crippen LogP contribution is -2.34. The summed E-state index contributed by atoms with van der Waals surface area (Å²) in [5.74, 6) is 1.07. The summed E-state index contributed by atoms with van der Waals surface area (Å²) < 4.78 is 5.14. The smallest absolute Gasteiger partial charge is 0.273 e. The average Bonchev–Trinajstić information content (AvgIpc) is 3.04. The number of nitrogens with one attached hydrogen (secondary N) is 1. The van der Waals surface area contributed by atoms with Gasteiger partial charge in [0.25, 0.3) is 5.91 Å². The average molecular weight is 252 g/mol. The van der Waals surface area contributed by atoms with Crippen LogP contribution in [0.15, 0.2) is 10.6 Å². The standard InChI is InChI=1S/C13H20N2O3/c1-13(2,5-6-16)8-14-12(17)10-7-11(18-15-10)9-3-4-9/h7,9,16H,3-6,8H2,1-2H3,(H,14,17). The first kappa shape index (κ1) is 13.1. The van der Waals surface area contributed by atoms with Gasteiger partial charge in [0, 0.05) is 25.1 Å². The highest BCUT2D eigenvalue weighted by Gasteiger charge is 2.29. The zero-order chi connectivity index (χ0) is 13.2. The first-order chi connectivity index (χ1) is 8.52. The molecule has 1 fully saturated rings. The minimum atomic E-state index is -0.211. The second-order valence-electron chi connectivity index (χ2n) is 5.71. The summed E-state index contributed by atoms with van der Waals surface area (Å²) in [4.78, 5) is 11.9. The molecule has 2 N–H and O–H groups in total. The molecular formula is C13H20N2O3. The molecule has 1 amide bonds. The Morgan fingerprint density at radius 3 is 2.94 bits per heavy atom. The molecule has 2 rings (SSSR count). The SMILES string of the molecule is CC(C)(CCO)CNC(=O)c1cc(C2CC2)on1. The van der Waals surface area contributed by atoms with Crippen molar-refractivity contribution < 1.29 is 14.4 Å². The second kappa shape index (κ2) is 5.10. The van der Waals surface area contributed by atoms with Gasteiger partial charge in [-0.15, -0.1) is 0 Å². The van der Waals surface area contributed by atoms with Crippen LogP contribution in [0, 0.1) is 5.41 Å². The molecule has 18 heavy (non-hydrogen) atoms. The maximum Gasteiger partial charge on any atom is 0.273 e. The van der Waals surface area contributed by atoms with Crippen molar-refractivity contribution >= 4 is 5.91 Å². The first-order valence-corrected chi connectivity index (χ1v) is 6.37. The molecule has 100 valence electrons. The van der Waals surface area contributed by atoms with Crippen molar-refractivity contribution in [1.82, 2.24) is 10.5 Å². The molecule has 0 aliphatic heterocycles. The zero-order valence-electron chi connectivity index (χ0n) is 10.9. The van der Waals surface area contributed by atoms with Gasteiger partial charge in [0.2, 0.25) is 0 Å². The van der Waals surface area contributed by atoms with E-state index in [-0.39, 0.29) is 17.9 Å². The van der Waals surface area contributed by atoms with Crippen LogP contribution in [0.5, 0.6) is 0 Å². The van der Waals surface area contributed by atoms with Gasteiger partial charge in [-0.3, -0.25) is 4.79 Å². The number of amides is 1. The molecule has 0 atom stereocenters. The quantitative estimate of drug-likeness (QED) is 0.808. The minimum Gasteiger partial charge on any atom is -0.396 e. The number of aromatic nitrogens is 1. The van der Waals surface area contributed by atoms with Gasteiger partial charge in [-0.05, 0) is 24.7 Å². The Labute approximate surface area is 107 Å². The van der Waals surface area contributed by atoms with Gasteiger partial charge in [0.15, 0.2) is 5.69 Å². The van der Waals surface area contributed by atoms with Crippen molar-refractivity contribution in [3.05, 3.63) is 17.5 Å². The van der Waals surface area contributed by atoms with Crippen LogP contribution < -0.4 is 5.32 Å². The predicted molar refractivity (Wildman–Crippen MR) is 66.3 cm³/mol. The maximum absolute atomic E-state index is 11.9. The summed E-state index contributed by atoms with van der Waals surface area (Å²) >= 11 is 0. The summed E-state index contributed by atoms with van der Waals surface area (Å²) in [5.41, 5.74) is 0.227. The number of carbonyl (C=O) groups is 1. The van der Waals surface area contributed by atoms with E-state index in [0.29, 0.717) is 24.6 Å². The summed E-state index contributed by atoms with van der Waals surface area (Å²) in [6.07, 6.45) is 2.90. The van der Waals surface area contributed by atoms with E-state index < -0.39 is 0 Å². The first-order valence-electron chi connectivity index (χ1n) is 6.37. The Morgan fingerprint density at radius 1 is 1.61 bits per heavy atom. The molecular weight excluding hydrogens is 232 g/mol. The van der Waals surface area contributed by atoms with Gasteiger partial charge in [-0.2, -0.15) is 0 Å². The van der Waals surface area contributed by atoms with Gasteiger partial charge < -0.3 is 14.9 Å². The van der Waals surface area contributed by atoms with Crippen LogP contribution in [0.3, 0.4) is 0 Å². The molecule has 1 aromatic heterocycles. The molecule has 0 aromatic carbocycles. The number of hydrogen-bond acceptors (Lipinski definition) is 4. The van der Waals surface area contributed by atoms with Crippen molar-refractivity contribution in [3.63, 3.8) is 0 Å². The Kier molecular flexibility index (Phi) is 3.71. The highest BCUT2D eigenvalue weighted by atomic mass is 16.5. The third kappa shape index (κ3) is 3.32. The fourth-order valence-electron chi connectivity index (χ4n) is 1.76. The van der Waals surface area contributed by atoms with Crippen LogP contribution in [0.1, 0.15) is 55.3 Å². The summed E-state index contributed by atoms with van der Waals surface area (Å²) in [7, 11) is 0. The van der Waals surface area contributed by atoms with E-state index in [1.807, 2.05) is 13.8 Å². The molecule has 1 heterocycles. The number of aliphatic hydroxyl groups is 1. The van der Waals surface area contributed by atoms with E-state index >= 15 is 0 Å². The van der Waals surface area contributed by atoms with Crippen molar-refractivity contribution in [1.29, 1.82) is 0 Å². The fourth-order valence-corrected chi connectivity index (χ4v) is 1.76. The normalized spacial score (nSPS) is 15.7. The molecule has 0 saturated heterocycles. The largest absolute Gasteiger partial charge is 0.396 e. The highest BCUT2D eigenvalue weighted by molar-refractivity contribution is 5.92. The van der Waals surface area contributed by atoms with Gasteiger partial charge >= 0.3 is 0 Å². The third-order valence-corrected chi connectivity index (χ3v) is 3.26.